The van der Waals surface area contributed by atoms with Crippen molar-refractivity contribution in [2.45, 2.75) is 12.8 Å². The molecule has 2 aromatic heterocycles. The molecule has 5 rings (SSSR count). The Hall–Kier alpha value is -3.26. The number of aromatic nitrogens is 2. The van der Waals surface area contributed by atoms with E-state index in [0.29, 0.717) is 48.3 Å². The summed E-state index contributed by atoms with van der Waals surface area (Å²) < 4.78 is 21.4. The summed E-state index contributed by atoms with van der Waals surface area (Å²) in [5.41, 5.74) is 1.33. The zero-order chi connectivity index (χ0) is 21.4. The van der Waals surface area contributed by atoms with E-state index in [0.717, 1.165) is 15.2 Å². The van der Waals surface area contributed by atoms with Crippen molar-refractivity contribution < 1.29 is 13.9 Å². The van der Waals surface area contributed by atoms with Gasteiger partial charge in [0.25, 0.3) is 0 Å². The molecule has 158 valence electrons. The number of rotatable bonds is 4. The van der Waals surface area contributed by atoms with Crippen LogP contribution < -0.4 is 15.0 Å². The van der Waals surface area contributed by atoms with Crippen molar-refractivity contribution in [1.82, 2.24) is 9.97 Å². The van der Waals surface area contributed by atoms with E-state index in [1.807, 2.05) is 30.3 Å². The minimum atomic E-state index is -0.264. The largest absolute Gasteiger partial charge is 0.495 e. The van der Waals surface area contributed by atoms with E-state index in [-0.39, 0.29) is 17.6 Å². The van der Waals surface area contributed by atoms with Gasteiger partial charge >= 0.3 is 0 Å². The van der Waals surface area contributed by atoms with Crippen LogP contribution in [0.4, 0.5) is 15.9 Å². The zero-order valence-electron chi connectivity index (χ0n) is 17.0. The number of hydrogen-bond donors (Lipinski definition) is 1. The van der Waals surface area contributed by atoms with Crippen LogP contribution in [-0.4, -0.2) is 36.1 Å². The smallest absolute Gasteiger partial charge is 0.227 e. The standard InChI is InChI=1S/C23H21FN4O2S/c1-30-17-7-3-2-6-16(17)27-23(29)14-9-11-28(12-10-14)22-21-20(25-13-26-22)19-15(24)5-4-8-18(19)31-21/h2-8,13-14H,9-12H2,1H3,(H,27,29). The van der Waals surface area contributed by atoms with Gasteiger partial charge in [0.05, 0.1) is 28.4 Å². The Morgan fingerprint density at radius 1 is 1.16 bits per heavy atom. The van der Waals surface area contributed by atoms with Crippen LogP contribution in [0, 0.1) is 11.7 Å². The molecule has 1 fully saturated rings. The Labute approximate surface area is 182 Å². The van der Waals surface area contributed by atoms with Gasteiger partial charge in [-0.2, -0.15) is 0 Å². The molecule has 1 aliphatic heterocycles. The number of para-hydroxylation sites is 2. The fourth-order valence-electron chi connectivity index (χ4n) is 4.13. The van der Waals surface area contributed by atoms with Gasteiger partial charge in [-0.05, 0) is 37.1 Å². The van der Waals surface area contributed by atoms with Crippen LogP contribution in [0.1, 0.15) is 12.8 Å². The summed E-state index contributed by atoms with van der Waals surface area (Å²) in [5.74, 6) is 1.11. The van der Waals surface area contributed by atoms with Gasteiger partial charge in [0.2, 0.25) is 5.91 Å². The number of nitrogens with zero attached hydrogens (tertiary/aromatic N) is 3. The fraction of sp³-hybridized carbons (Fsp3) is 0.261. The molecular formula is C23H21FN4O2S. The second-order valence-corrected chi connectivity index (χ2v) is 8.59. The zero-order valence-corrected chi connectivity index (χ0v) is 17.8. The lowest BCUT2D eigenvalue weighted by Crippen LogP contribution is -2.38. The number of carbonyl (C=O) groups excluding carboxylic acids is 1. The van der Waals surface area contributed by atoms with Crippen molar-refractivity contribution in [2.24, 2.45) is 5.92 Å². The van der Waals surface area contributed by atoms with Crippen LogP contribution in [0.2, 0.25) is 0 Å². The number of hydrogen-bond acceptors (Lipinski definition) is 6. The van der Waals surface area contributed by atoms with Gasteiger partial charge in [-0.25, -0.2) is 14.4 Å². The molecule has 0 unspecified atom stereocenters. The number of anilines is 2. The normalized spacial score (nSPS) is 14.8. The Morgan fingerprint density at radius 3 is 2.77 bits per heavy atom. The van der Waals surface area contributed by atoms with E-state index < -0.39 is 0 Å². The number of thiophene rings is 1. The number of piperidine rings is 1. The van der Waals surface area contributed by atoms with E-state index in [9.17, 15) is 9.18 Å². The molecule has 1 saturated heterocycles. The van der Waals surface area contributed by atoms with Crippen molar-refractivity contribution in [3.8, 4) is 5.75 Å². The van der Waals surface area contributed by atoms with E-state index in [4.69, 9.17) is 4.74 Å². The number of halogens is 1. The van der Waals surface area contributed by atoms with Crippen LogP contribution in [0.15, 0.2) is 48.8 Å². The molecular weight excluding hydrogens is 415 g/mol. The summed E-state index contributed by atoms with van der Waals surface area (Å²) in [7, 11) is 1.59. The van der Waals surface area contributed by atoms with Gasteiger partial charge in [-0.15, -0.1) is 11.3 Å². The predicted octanol–water partition coefficient (Wildman–Crippen LogP) is 4.85. The topological polar surface area (TPSA) is 67.3 Å². The molecule has 8 heteroatoms. The van der Waals surface area contributed by atoms with Gasteiger partial charge in [0.15, 0.2) is 0 Å². The molecule has 4 aromatic rings. The molecule has 0 radical (unpaired) electrons. The fourth-order valence-corrected chi connectivity index (χ4v) is 5.31. The van der Waals surface area contributed by atoms with Gasteiger partial charge in [-0.3, -0.25) is 4.79 Å². The number of nitrogens with one attached hydrogen (secondary N) is 1. The van der Waals surface area contributed by atoms with Crippen molar-refractivity contribution in [3.63, 3.8) is 0 Å². The Bertz CT molecular complexity index is 1270. The van der Waals surface area contributed by atoms with Gasteiger partial charge in [-0.1, -0.05) is 18.2 Å². The molecule has 0 spiro atoms. The molecule has 1 amide bonds. The minimum absolute atomic E-state index is 0.000850. The quantitative estimate of drug-likeness (QED) is 0.496. The molecule has 1 N–H and O–H groups in total. The summed E-state index contributed by atoms with van der Waals surface area (Å²) >= 11 is 1.51. The number of methoxy groups -OCH3 is 1. The lowest BCUT2D eigenvalue weighted by molar-refractivity contribution is -0.120. The van der Waals surface area contributed by atoms with Crippen LogP contribution in [0.3, 0.4) is 0 Å². The van der Waals surface area contributed by atoms with Crippen molar-refractivity contribution in [3.05, 3.63) is 54.6 Å². The number of carbonyl (C=O) groups is 1. The highest BCUT2D eigenvalue weighted by Crippen LogP contribution is 2.39. The van der Waals surface area contributed by atoms with E-state index >= 15 is 0 Å². The highest BCUT2D eigenvalue weighted by atomic mass is 32.1. The molecule has 6 nitrogen and oxygen atoms in total. The SMILES string of the molecule is COc1ccccc1NC(=O)C1CCN(c2ncnc3c2sc2cccc(F)c23)CC1. The highest BCUT2D eigenvalue weighted by Gasteiger charge is 2.28. The minimum Gasteiger partial charge on any atom is -0.495 e. The highest BCUT2D eigenvalue weighted by molar-refractivity contribution is 7.26. The monoisotopic (exact) mass is 436 g/mol. The lowest BCUT2D eigenvalue weighted by atomic mass is 9.95. The Morgan fingerprint density at radius 2 is 1.97 bits per heavy atom. The second kappa shape index (κ2) is 8.11. The first-order valence-corrected chi connectivity index (χ1v) is 11.0. The Kier molecular flexibility index (Phi) is 5.15. The summed E-state index contributed by atoms with van der Waals surface area (Å²) in [6, 6.07) is 12.5. The average Bonchev–Trinajstić information content (AvgIpc) is 3.19. The van der Waals surface area contributed by atoms with Gasteiger partial charge in [0, 0.05) is 23.7 Å². The molecule has 3 heterocycles. The molecule has 0 bridgehead atoms. The number of ether oxygens (including phenoxy) is 1. The third kappa shape index (κ3) is 3.57. The molecule has 31 heavy (non-hydrogen) atoms. The average molecular weight is 437 g/mol. The van der Waals surface area contributed by atoms with Crippen LogP contribution in [0.5, 0.6) is 5.75 Å². The van der Waals surface area contributed by atoms with Gasteiger partial charge < -0.3 is 15.0 Å². The van der Waals surface area contributed by atoms with Crippen molar-refractivity contribution in [2.75, 3.05) is 30.4 Å². The van der Waals surface area contributed by atoms with Crippen molar-refractivity contribution in [1.29, 1.82) is 0 Å². The first kappa shape index (κ1) is 19.7. The van der Waals surface area contributed by atoms with Crippen LogP contribution >= 0.6 is 11.3 Å². The Balaban J connectivity index is 1.34. The van der Waals surface area contributed by atoms with Crippen molar-refractivity contribution >= 4 is 49.1 Å². The molecule has 0 atom stereocenters. The summed E-state index contributed by atoms with van der Waals surface area (Å²) in [4.78, 5) is 23.8. The predicted molar refractivity (Wildman–Crippen MR) is 121 cm³/mol. The van der Waals surface area contributed by atoms with E-state index in [1.165, 1.54) is 23.7 Å². The third-order valence-corrected chi connectivity index (χ3v) is 6.88. The van der Waals surface area contributed by atoms with E-state index in [2.05, 4.69) is 20.2 Å². The third-order valence-electron chi connectivity index (χ3n) is 5.74. The first-order valence-electron chi connectivity index (χ1n) is 10.2. The summed E-state index contributed by atoms with van der Waals surface area (Å²) in [6.45, 7) is 1.40. The molecule has 2 aromatic carbocycles. The summed E-state index contributed by atoms with van der Waals surface area (Å²) in [6.07, 6.45) is 2.92. The van der Waals surface area contributed by atoms with Crippen LogP contribution in [0.25, 0.3) is 20.3 Å². The maximum atomic E-state index is 14.4. The number of amides is 1. The lowest BCUT2D eigenvalue weighted by Gasteiger charge is -2.32. The molecule has 0 saturated carbocycles. The maximum absolute atomic E-state index is 14.4. The maximum Gasteiger partial charge on any atom is 0.227 e. The second-order valence-electron chi connectivity index (χ2n) is 7.54. The molecule has 0 aliphatic carbocycles. The van der Waals surface area contributed by atoms with Crippen LogP contribution in [-0.2, 0) is 4.79 Å². The number of fused-ring (bicyclic) bond motifs is 3. The number of benzene rings is 2. The van der Waals surface area contributed by atoms with Gasteiger partial charge in [0.1, 0.15) is 23.7 Å². The summed E-state index contributed by atoms with van der Waals surface area (Å²) in [5, 5.41) is 3.54. The molecule has 1 aliphatic rings. The first-order chi connectivity index (χ1) is 15.2. The van der Waals surface area contributed by atoms with E-state index in [1.54, 1.807) is 13.2 Å².